The Labute approximate surface area is 83.4 Å². The second kappa shape index (κ2) is 3.40. The monoisotopic (exact) mass is 190 g/mol. The molecule has 1 aromatic heterocycles. The molecule has 0 aromatic carbocycles. The summed E-state index contributed by atoms with van der Waals surface area (Å²) in [5.74, 6) is 0.153. The van der Waals surface area contributed by atoms with Gasteiger partial charge in [-0.2, -0.15) is 5.10 Å². The van der Waals surface area contributed by atoms with E-state index in [-0.39, 0.29) is 5.78 Å². The molecule has 2 rings (SSSR count). The minimum Gasteiger partial charge on any atom is -0.287 e. The van der Waals surface area contributed by atoms with Crippen LogP contribution in [0.2, 0.25) is 0 Å². The summed E-state index contributed by atoms with van der Waals surface area (Å²) in [4.78, 5) is 12.0. The van der Waals surface area contributed by atoms with Gasteiger partial charge in [0.25, 0.3) is 0 Å². The third-order valence-electron chi connectivity index (χ3n) is 2.67. The molecular formula is C11H14N2O. The molecule has 14 heavy (non-hydrogen) atoms. The van der Waals surface area contributed by atoms with Crippen LogP contribution in [0.1, 0.15) is 35.3 Å². The SMILES string of the molecule is Cc1cnn(C)c1C(=O)C1=CCCC1. The van der Waals surface area contributed by atoms with Crippen LogP contribution in [0.5, 0.6) is 0 Å². The zero-order valence-electron chi connectivity index (χ0n) is 8.58. The van der Waals surface area contributed by atoms with Gasteiger partial charge in [-0.25, -0.2) is 0 Å². The molecule has 3 nitrogen and oxygen atoms in total. The lowest BCUT2D eigenvalue weighted by molar-refractivity contribution is 0.102. The predicted molar refractivity (Wildman–Crippen MR) is 54.2 cm³/mol. The highest BCUT2D eigenvalue weighted by Crippen LogP contribution is 2.22. The standard InChI is InChI=1S/C11H14N2O/c1-8-7-12-13(2)10(8)11(14)9-5-3-4-6-9/h5,7H,3-4,6H2,1-2H3. The molecule has 0 saturated carbocycles. The van der Waals surface area contributed by atoms with Gasteiger partial charge in [-0.05, 0) is 37.3 Å². The van der Waals surface area contributed by atoms with Crippen molar-refractivity contribution in [2.75, 3.05) is 0 Å². The van der Waals surface area contributed by atoms with Crippen LogP contribution in [-0.4, -0.2) is 15.6 Å². The van der Waals surface area contributed by atoms with Crippen molar-refractivity contribution in [3.05, 3.63) is 29.1 Å². The van der Waals surface area contributed by atoms with E-state index in [2.05, 4.69) is 11.2 Å². The predicted octanol–water partition coefficient (Wildman–Crippen LogP) is 2.02. The first-order valence-corrected chi connectivity index (χ1v) is 4.92. The third-order valence-corrected chi connectivity index (χ3v) is 2.67. The quantitative estimate of drug-likeness (QED) is 0.669. The van der Waals surface area contributed by atoms with E-state index in [1.165, 1.54) is 0 Å². The summed E-state index contributed by atoms with van der Waals surface area (Å²) in [5.41, 5.74) is 2.65. The highest BCUT2D eigenvalue weighted by atomic mass is 16.1. The van der Waals surface area contributed by atoms with Crippen LogP contribution in [0.3, 0.4) is 0 Å². The Kier molecular flexibility index (Phi) is 2.23. The average Bonchev–Trinajstić information content (AvgIpc) is 2.75. The molecule has 0 saturated heterocycles. The molecule has 3 heteroatoms. The molecule has 74 valence electrons. The number of nitrogens with zero attached hydrogens (tertiary/aromatic N) is 2. The van der Waals surface area contributed by atoms with Gasteiger partial charge in [0.15, 0.2) is 0 Å². The van der Waals surface area contributed by atoms with Crippen molar-refractivity contribution in [1.82, 2.24) is 9.78 Å². The van der Waals surface area contributed by atoms with Gasteiger partial charge in [-0.15, -0.1) is 0 Å². The number of carbonyl (C=O) groups is 1. The van der Waals surface area contributed by atoms with Gasteiger partial charge in [0.1, 0.15) is 5.69 Å². The van der Waals surface area contributed by atoms with Crippen LogP contribution < -0.4 is 0 Å². The van der Waals surface area contributed by atoms with E-state index in [4.69, 9.17) is 0 Å². The van der Waals surface area contributed by atoms with Crippen LogP contribution in [0.15, 0.2) is 17.8 Å². The largest absolute Gasteiger partial charge is 0.287 e. The molecule has 1 aliphatic rings. The Morgan fingerprint density at radius 3 is 2.86 bits per heavy atom. The summed E-state index contributed by atoms with van der Waals surface area (Å²) in [6.45, 7) is 1.93. The number of carbonyl (C=O) groups excluding carboxylic acids is 1. The molecule has 1 aliphatic carbocycles. The molecule has 0 fully saturated rings. The lowest BCUT2D eigenvalue weighted by Crippen LogP contribution is -2.09. The van der Waals surface area contributed by atoms with E-state index in [0.717, 1.165) is 36.1 Å². The van der Waals surface area contributed by atoms with E-state index in [1.54, 1.807) is 10.9 Å². The Hall–Kier alpha value is -1.38. The summed E-state index contributed by atoms with van der Waals surface area (Å²) >= 11 is 0. The maximum Gasteiger partial charge on any atom is 0.206 e. The number of aryl methyl sites for hydroxylation is 2. The number of allylic oxidation sites excluding steroid dienone is 2. The zero-order valence-corrected chi connectivity index (χ0v) is 8.58. The Balaban J connectivity index is 2.35. The van der Waals surface area contributed by atoms with Gasteiger partial charge in [-0.1, -0.05) is 6.08 Å². The third kappa shape index (κ3) is 1.39. The van der Waals surface area contributed by atoms with Crippen molar-refractivity contribution < 1.29 is 4.79 Å². The van der Waals surface area contributed by atoms with Crippen molar-refractivity contribution >= 4 is 5.78 Å². The smallest absolute Gasteiger partial charge is 0.206 e. The number of ketones is 1. The van der Waals surface area contributed by atoms with Crippen LogP contribution in [0.4, 0.5) is 0 Å². The minimum absolute atomic E-state index is 0.153. The van der Waals surface area contributed by atoms with Crippen LogP contribution in [0, 0.1) is 6.92 Å². The zero-order chi connectivity index (χ0) is 10.1. The second-order valence-electron chi connectivity index (χ2n) is 3.75. The van der Waals surface area contributed by atoms with Gasteiger partial charge in [0, 0.05) is 7.05 Å². The number of hydrogen-bond donors (Lipinski definition) is 0. The fraction of sp³-hybridized carbons (Fsp3) is 0.455. The molecule has 0 aliphatic heterocycles. The van der Waals surface area contributed by atoms with Crippen LogP contribution in [0.25, 0.3) is 0 Å². The molecular weight excluding hydrogens is 176 g/mol. The van der Waals surface area contributed by atoms with Crippen molar-refractivity contribution in [3.63, 3.8) is 0 Å². The number of rotatable bonds is 2. The molecule has 0 atom stereocenters. The summed E-state index contributed by atoms with van der Waals surface area (Å²) in [7, 11) is 1.82. The second-order valence-corrected chi connectivity index (χ2v) is 3.75. The van der Waals surface area contributed by atoms with Crippen molar-refractivity contribution in [2.45, 2.75) is 26.2 Å². The van der Waals surface area contributed by atoms with Crippen molar-refractivity contribution in [2.24, 2.45) is 7.05 Å². The van der Waals surface area contributed by atoms with E-state index < -0.39 is 0 Å². The van der Waals surface area contributed by atoms with Gasteiger partial charge in [0.2, 0.25) is 5.78 Å². The van der Waals surface area contributed by atoms with E-state index in [1.807, 2.05) is 14.0 Å². The normalized spacial score (nSPS) is 15.7. The molecule has 1 heterocycles. The summed E-state index contributed by atoms with van der Waals surface area (Å²) in [6.07, 6.45) is 6.86. The Morgan fingerprint density at radius 1 is 1.57 bits per heavy atom. The first-order chi connectivity index (χ1) is 6.70. The van der Waals surface area contributed by atoms with Crippen molar-refractivity contribution in [3.8, 4) is 0 Å². The molecule has 1 aromatic rings. The molecule has 0 bridgehead atoms. The van der Waals surface area contributed by atoms with Gasteiger partial charge in [0.05, 0.1) is 6.20 Å². The summed E-state index contributed by atoms with van der Waals surface area (Å²) in [6, 6.07) is 0. The highest BCUT2D eigenvalue weighted by molar-refractivity contribution is 6.08. The average molecular weight is 190 g/mol. The fourth-order valence-electron chi connectivity index (χ4n) is 1.90. The van der Waals surface area contributed by atoms with Gasteiger partial charge >= 0.3 is 0 Å². The van der Waals surface area contributed by atoms with Crippen LogP contribution >= 0.6 is 0 Å². The first kappa shape index (κ1) is 9.19. The molecule has 0 N–H and O–H groups in total. The molecule has 0 spiro atoms. The molecule has 0 radical (unpaired) electrons. The molecule has 0 amide bonds. The van der Waals surface area contributed by atoms with E-state index >= 15 is 0 Å². The molecule has 0 unspecified atom stereocenters. The Morgan fingerprint density at radius 2 is 2.36 bits per heavy atom. The van der Waals surface area contributed by atoms with Gasteiger partial charge < -0.3 is 0 Å². The lowest BCUT2D eigenvalue weighted by Gasteiger charge is -2.03. The highest BCUT2D eigenvalue weighted by Gasteiger charge is 2.19. The number of Topliss-reactive ketones (excluding diaryl/α,β-unsaturated/α-hetero) is 1. The van der Waals surface area contributed by atoms with Gasteiger partial charge in [-0.3, -0.25) is 9.48 Å². The van der Waals surface area contributed by atoms with E-state index in [9.17, 15) is 4.79 Å². The number of aromatic nitrogens is 2. The minimum atomic E-state index is 0.153. The maximum absolute atomic E-state index is 12.0. The number of hydrogen-bond acceptors (Lipinski definition) is 2. The topological polar surface area (TPSA) is 34.9 Å². The first-order valence-electron chi connectivity index (χ1n) is 4.92. The maximum atomic E-state index is 12.0. The fourth-order valence-corrected chi connectivity index (χ4v) is 1.90. The summed E-state index contributed by atoms with van der Waals surface area (Å²) < 4.78 is 1.66. The van der Waals surface area contributed by atoms with E-state index in [0.29, 0.717) is 0 Å². The lowest BCUT2D eigenvalue weighted by atomic mass is 10.1. The Bertz CT molecular complexity index is 382. The summed E-state index contributed by atoms with van der Waals surface area (Å²) in [5, 5.41) is 4.08. The van der Waals surface area contributed by atoms with Crippen LogP contribution in [-0.2, 0) is 7.05 Å². The van der Waals surface area contributed by atoms with Crippen molar-refractivity contribution in [1.29, 1.82) is 0 Å².